The highest BCUT2D eigenvalue weighted by atomic mass is 16.5. The summed E-state index contributed by atoms with van der Waals surface area (Å²) in [4.78, 5) is 15.1. The molecule has 4 heteroatoms. The zero-order chi connectivity index (χ0) is 17.5. The van der Waals surface area contributed by atoms with Crippen molar-refractivity contribution in [2.24, 2.45) is 0 Å². The van der Waals surface area contributed by atoms with Crippen molar-refractivity contribution in [1.82, 2.24) is 4.90 Å². The second-order valence-corrected chi connectivity index (χ2v) is 6.27. The molecule has 2 rings (SSSR count). The monoisotopic (exact) mass is 331 g/mol. The molecule has 24 heavy (non-hydrogen) atoms. The van der Waals surface area contributed by atoms with Crippen LogP contribution in [0.15, 0.2) is 24.8 Å². The number of unbranched alkanes of at least 4 members (excludes halogenated alkanes) is 2. The lowest BCUT2D eigenvalue weighted by Crippen LogP contribution is -2.35. The van der Waals surface area contributed by atoms with Crippen LogP contribution in [0.1, 0.15) is 49.7 Å². The van der Waals surface area contributed by atoms with Crippen molar-refractivity contribution in [1.29, 1.82) is 0 Å². The summed E-state index contributed by atoms with van der Waals surface area (Å²) in [6, 6.07) is 3.99. The Hall–Kier alpha value is -1.97. The topological polar surface area (TPSA) is 38.8 Å². The molecule has 1 aliphatic rings. The number of carbonyl (C=O) groups excluding carboxylic acids is 1. The SMILES string of the molecule is C=CCC1C(=O)N(CCCCC)CCc2cc(OC)c(OC)cc21. The summed E-state index contributed by atoms with van der Waals surface area (Å²) in [6.45, 7) is 7.62. The van der Waals surface area contributed by atoms with E-state index in [1.54, 1.807) is 14.2 Å². The standard InChI is InChI=1S/C20H29NO3/c1-5-7-8-11-21-12-10-15-13-18(23-3)19(24-4)14-17(15)16(9-6-2)20(21)22/h6,13-14,16H,2,5,7-12H2,1,3-4H3. The van der Waals surface area contributed by atoms with E-state index in [4.69, 9.17) is 9.47 Å². The van der Waals surface area contributed by atoms with E-state index in [1.165, 1.54) is 5.56 Å². The average Bonchev–Trinajstić information content (AvgIpc) is 2.72. The van der Waals surface area contributed by atoms with Gasteiger partial charge in [-0.05, 0) is 42.5 Å². The number of fused-ring (bicyclic) bond motifs is 1. The number of rotatable bonds is 8. The quantitative estimate of drug-likeness (QED) is 0.535. The molecule has 1 atom stereocenters. The molecule has 1 heterocycles. The van der Waals surface area contributed by atoms with Crippen molar-refractivity contribution in [3.63, 3.8) is 0 Å². The Morgan fingerprint density at radius 1 is 1.25 bits per heavy atom. The lowest BCUT2D eigenvalue weighted by molar-refractivity contribution is -0.132. The molecular weight excluding hydrogens is 302 g/mol. The molecule has 0 aromatic heterocycles. The van der Waals surface area contributed by atoms with Crippen molar-refractivity contribution < 1.29 is 14.3 Å². The Morgan fingerprint density at radius 3 is 2.58 bits per heavy atom. The van der Waals surface area contributed by atoms with E-state index < -0.39 is 0 Å². The number of benzene rings is 1. The van der Waals surface area contributed by atoms with Crippen molar-refractivity contribution in [3.05, 3.63) is 35.9 Å². The van der Waals surface area contributed by atoms with E-state index >= 15 is 0 Å². The summed E-state index contributed by atoms with van der Waals surface area (Å²) in [5.41, 5.74) is 2.22. The normalized spacial score (nSPS) is 17.2. The van der Waals surface area contributed by atoms with Gasteiger partial charge in [0.2, 0.25) is 5.91 Å². The summed E-state index contributed by atoms with van der Waals surface area (Å²) < 4.78 is 10.9. The van der Waals surface area contributed by atoms with Gasteiger partial charge in [-0.1, -0.05) is 25.8 Å². The third kappa shape index (κ3) is 3.92. The van der Waals surface area contributed by atoms with Crippen molar-refractivity contribution in [3.8, 4) is 11.5 Å². The molecule has 0 saturated heterocycles. The fraction of sp³-hybridized carbons (Fsp3) is 0.550. The maximum atomic E-state index is 13.1. The van der Waals surface area contributed by atoms with Gasteiger partial charge in [-0.15, -0.1) is 6.58 Å². The van der Waals surface area contributed by atoms with Crippen LogP contribution >= 0.6 is 0 Å². The maximum Gasteiger partial charge on any atom is 0.230 e. The van der Waals surface area contributed by atoms with Crippen LogP contribution < -0.4 is 9.47 Å². The van der Waals surface area contributed by atoms with Gasteiger partial charge in [-0.3, -0.25) is 4.79 Å². The highest BCUT2D eigenvalue weighted by Gasteiger charge is 2.31. The van der Waals surface area contributed by atoms with Crippen molar-refractivity contribution in [2.75, 3.05) is 27.3 Å². The van der Waals surface area contributed by atoms with Crippen LogP contribution in [0.4, 0.5) is 0 Å². The molecule has 0 spiro atoms. The Labute approximate surface area is 145 Å². The minimum atomic E-state index is -0.179. The second kappa shape index (κ2) is 8.76. The smallest absolute Gasteiger partial charge is 0.230 e. The predicted octanol–water partition coefficient (Wildman–Crippen LogP) is 3.94. The van der Waals surface area contributed by atoms with Gasteiger partial charge in [0, 0.05) is 13.1 Å². The summed E-state index contributed by atoms with van der Waals surface area (Å²) in [6.07, 6.45) is 6.70. The number of allylic oxidation sites excluding steroid dienone is 1. The van der Waals surface area contributed by atoms with Gasteiger partial charge in [-0.2, -0.15) is 0 Å². The van der Waals surface area contributed by atoms with Gasteiger partial charge in [0.05, 0.1) is 20.1 Å². The predicted molar refractivity (Wildman–Crippen MR) is 96.9 cm³/mol. The van der Waals surface area contributed by atoms with E-state index in [1.807, 2.05) is 23.1 Å². The Balaban J connectivity index is 2.36. The lowest BCUT2D eigenvalue weighted by Gasteiger charge is -2.24. The fourth-order valence-corrected chi connectivity index (χ4v) is 3.37. The van der Waals surface area contributed by atoms with Crippen LogP contribution in [0, 0.1) is 0 Å². The van der Waals surface area contributed by atoms with Crippen LogP contribution in [-0.2, 0) is 11.2 Å². The van der Waals surface area contributed by atoms with Gasteiger partial charge < -0.3 is 14.4 Å². The number of amides is 1. The van der Waals surface area contributed by atoms with Gasteiger partial charge in [0.25, 0.3) is 0 Å². The summed E-state index contributed by atoms with van der Waals surface area (Å²) >= 11 is 0. The highest BCUT2D eigenvalue weighted by Crippen LogP contribution is 2.37. The van der Waals surface area contributed by atoms with E-state index in [-0.39, 0.29) is 11.8 Å². The van der Waals surface area contributed by atoms with Crippen LogP contribution in [0.3, 0.4) is 0 Å². The van der Waals surface area contributed by atoms with Crippen LogP contribution in [0.5, 0.6) is 11.5 Å². The molecule has 1 aliphatic heterocycles. The van der Waals surface area contributed by atoms with E-state index in [0.29, 0.717) is 12.2 Å². The first-order chi connectivity index (χ1) is 11.7. The first kappa shape index (κ1) is 18.4. The average molecular weight is 331 g/mol. The van der Waals surface area contributed by atoms with Gasteiger partial charge >= 0.3 is 0 Å². The fourth-order valence-electron chi connectivity index (χ4n) is 3.37. The molecule has 1 aromatic carbocycles. The molecule has 0 N–H and O–H groups in total. The van der Waals surface area contributed by atoms with Gasteiger partial charge in [0.1, 0.15) is 0 Å². The molecule has 0 bridgehead atoms. The number of hydrogen-bond donors (Lipinski definition) is 0. The summed E-state index contributed by atoms with van der Waals surface area (Å²) in [5, 5.41) is 0. The lowest BCUT2D eigenvalue weighted by atomic mass is 9.90. The number of hydrogen-bond acceptors (Lipinski definition) is 3. The number of ether oxygens (including phenoxy) is 2. The van der Waals surface area contributed by atoms with Gasteiger partial charge in [-0.25, -0.2) is 0 Å². The summed E-state index contributed by atoms with van der Waals surface area (Å²) in [5.74, 6) is 1.43. The number of carbonyl (C=O) groups is 1. The van der Waals surface area contributed by atoms with Crippen LogP contribution in [0.25, 0.3) is 0 Å². The Bertz CT molecular complexity index is 582. The zero-order valence-corrected chi connectivity index (χ0v) is 15.1. The number of nitrogens with zero attached hydrogens (tertiary/aromatic N) is 1. The highest BCUT2D eigenvalue weighted by molar-refractivity contribution is 5.85. The third-order valence-corrected chi connectivity index (χ3v) is 4.72. The second-order valence-electron chi connectivity index (χ2n) is 6.27. The molecule has 1 aromatic rings. The van der Waals surface area contributed by atoms with Gasteiger partial charge in [0.15, 0.2) is 11.5 Å². The van der Waals surface area contributed by atoms with Crippen molar-refractivity contribution >= 4 is 5.91 Å². The van der Waals surface area contributed by atoms with Crippen molar-refractivity contribution in [2.45, 2.75) is 44.9 Å². The molecule has 0 fully saturated rings. The molecule has 132 valence electrons. The maximum absolute atomic E-state index is 13.1. The summed E-state index contributed by atoms with van der Waals surface area (Å²) in [7, 11) is 3.27. The molecule has 0 saturated carbocycles. The zero-order valence-electron chi connectivity index (χ0n) is 15.1. The Morgan fingerprint density at radius 2 is 1.96 bits per heavy atom. The Kier molecular flexibility index (Phi) is 6.71. The molecule has 1 unspecified atom stereocenters. The van der Waals surface area contributed by atoms with E-state index in [0.717, 1.165) is 50.1 Å². The minimum absolute atomic E-state index is 0.179. The third-order valence-electron chi connectivity index (χ3n) is 4.72. The molecule has 1 amide bonds. The first-order valence-corrected chi connectivity index (χ1v) is 8.80. The molecule has 0 radical (unpaired) electrons. The largest absolute Gasteiger partial charge is 0.493 e. The van der Waals surface area contributed by atoms with E-state index in [9.17, 15) is 4.79 Å². The van der Waals surface area contributed by atoms with E-state index in [2.05, 4.69) is 13.5 Å². The molecular formula is C20H29NO3. The molecule has 4 nitrogen and oxygen atoms in total. The first-order valence-electron chi connectivity index (χ1n) is 8.80. The van der Waals surface area contributed by atoms with Crippen LogP contribution in [0.2, 0.25) is 0 Å². The molecule has 0 aliphatic carbocycles. The minimum Gasteiger partial charge on any atom is -0.493 e. The number of methoxy groups -OCH3 is 2. The van der Waals surface area contributed by atoms with Crippen LogP contribution in [-0.4, -0.2) is 38.1 Å².